The van der Waals surface area contributed by atoms with Gasteiger partial charge in [-0.25, -0.2) is 4.98 Å². The summed E-state index contributed by atoms with van der Waals surface area (Å²) in [6, 6.07) is 22.2. The molecule has 1 N–H and O–H groups in total. The fraction of sp³-hybridized carbons (Fsp3) is 0.222. The number of anilines is 1. The summed E-state index contributed by atoms with van der Waals surface area (Å²) in [5.41, 5.74) is 4.71. The van der Waals surface area contributed by atoms with Gasteiger partial charge >= 0.3 is 0 Å². The third kappa shape index (κ3) is 4.02. The molecule has 6 heteroatoms. The predicted octanol–water partition coefficient (Wildman–Crippen LogP) is 5.85. The van der Waals surface area contributed by atoms with Crippen molar-refractivity contribution in [2.75, 3.05) is 11.9 Å². The molecule has 0 unspecified atom stereocenters. The van der Waals surface area contributed by atoms with E-state index in [-0.39, 0.29) is 5.91 Å². The third-order valence-electron chi connectivity index (χ3n) is 6.19. The number of para-hydroxylation sites is 1. The van der Waals surface area contributed by atoms with E-state index in [1.54, 1.807) is 0 Å². The van der Waals surface area contributed by atoms with Crippen LogP contribution in [0.5, 0.6) is 0 Å². The van der Waals surface area contributed by atoms with E-state index in [2.05, 4.69) is 30.1 Å². The highest BCUT2D eigenvalue weighted by Crippen LogP contribution is 2.37. The highest BCUT2D eigenvalue weighted by Gasteiger charge is 2.27. The van der Waals surface area contributed by atoms with E-state index >= 15 is 0 Å². The molecule has 0 bridgehead atoms. The first-order valence-electron chi connectivity index (χ1n) is 11.1. The maximum atomic E-state index is 13.5. The van der Waals surface area contributed by atoms with Gasteiger partial charge in [0.25, 0.3) is 5.91 Å². The number of carbonyl (C=O) groups excluding carboxylic acids is 1. The fourth-order valence-corrected chi connectivity index (χ4v) is 5.58. The molecule has 164 valence electrons. The standard InChI is InChI=1S/C27H24N4OS/c1-17(2)31-13-12-20-22(15-28)27(33-25(20)16-31)30-26(32)21-14-24(18-8-4-3-5-9-18)29-23-11-7-6-10-19(21)23/h3-11,14,17H,12-13,16H2,1-2H3,(H,30,32). The molecular weight excluding hydrogens is 428 g/mol. The number of hydrogen-bond acceptors (Lipinski definition) is 5. The Kier molecular flexibility index (Phi) is 5.67. The average molecular weight is 453 g/mol. The van der Waals surface area contributed by atoms with Crippen LogP contribution >= 0.6 is 11.3 Å². The van der Waals surface area contributed by atoms with Crippen molar-refractivity contribution in [1.29, 1.82) is 5.26 Å². The normalized spacial score (nSPS) is 13.6. The van der Waals surface area contributed by atoms with E-state index < -0.39 is 0 Å². The van der Waals surface area contributed by atoms with E-state index in [9.17, 15) is 10.1 Å². The second-order valence-corrected chi connectivity index (χ2v) is 9.63. The van der Waals surface area contributed by atoms with Crippen molar-refractivity contribution in [1.82, 2.24) is 9.88 Å². The maximum absolute atomic E-state index is 13.5. The molecule has 1 amide bonds. The number of nitrogens with one attached hydrogen (secondary N) is 1. The Bertz CT molecular complexity index is 1380. The van der Waals surface area contributed by atoms with Crippen LogP contribution in [-0.2, 0) is 13.0 Å². The van der Waals surface area contributed by atoms with Crippen LogP contribution in [0.4, 0.5) is 5.00 Å². The number of nitriles is 1. The maximum Gasteiger partial charge on any atom is 0.257 e. The van der Waals surface area contributed by atoms with Gasteiger partial charge in [0.15, 0.2) is 0 Å². The molecule has 0 aliphatic carbocycles. The zero-order chi connectivity index (χ0) is 22.9. The Morgan fingerprint density at radius 3 is 2.67 bits per heavy atom. The molecular formula is C27H24N4OS. The van der Waals surface area contributed by atoms with Crippen molar-refractivity contribution in [2.45, 2.75) is 32.9 Å². The van der Waals surface area contributed by atoms with Crippen LogP contribution in [0.1, 0.15) is 40.2 Å². The lowest BCUT2D eigenvalue weighted by Crippen LogP contribution is -2.35. The van der Waals surface area contributed by atoms with Crippen molar-refractivity contribution in [3.63, 3.8) is 0 Å². The van der Waals surface area contributed by atoms with Crippen LogP contribution in [0.3, 0.4) is 0 Å². The number of fused-ring (bicyclic) bond motifs is 2. The second-order valence-electron chi connectivity index (χ2n) is 8.53. The lowest BCUT2D eigenvalue weighted by molar-refractivity contribution is 0.102. The number of benzene rings is 2. The Hall–Kier alpha value is -3.53. The number of nitrogens with zero attached hydrogens (tertiary/aromatic N) is 3. The molecule has 2 aromatic heterocycles. The number of thiophene rings is 1. The monoisotopic (exact) mass is 452 g/mol. The molecule has 0 fully saturated rings. The van der Waals surface area contributed by atoms with Gasteiger partial charge in [0, 0.05) is 35.0 Å². The molecule has 3 heterocycles. The summed E-state index contributed by atoms with van der Waals surface area (Å²) in [5, 5.41) is 14.4. The van der Waals surface area contributed by atoms with Gasteiger partial charge in [-0.3, -0.25) is 9.69 Å². The fourth-order valence-electron chi connectivity index (χ4n) is 4.36. The number of hydrogen-bond donors (Lipinski definition) is 1. The minimum atomic E-state index is -0.221. The molecule has 1 aliphatic heterocycles. The highest BCUT2D eigenvalue weighted by molar-refractivity contribution is 7.16. The van der Waals surface area contributed by atoms with Gasteiger partial charge in [-0.1, -0.05) is 48.5 Å². The van der Waals surface area contributed by atoms with Crippen molar-refractivity contribution < 1.29 is 4.79 Å². The number of aromatic nitrogens is 1. The summed E-state index contributed by atoms with van der Waals surface area (Å²) in [4.78, 5) is 21.9. The molecule has 4 aromatic rings. The van der Waals surface area contributed by atoms with Crippen LogP contribution in [0.2, 0.25) is 0 Å². The molecule has 0 atom stereocenters. The van der Waals surface area contributed by atoms with Gasteiger partial charge in [-0.15, -0.1) is 11.3 Å². The van der Waals surface area contributed by atoms with Crippen LogP contribution in [0.25, 0.3) is 22.2 Å². The summed E-state index contributed by atoms with van der Waals surface area (Å²) < 4.78 is 0. The van der Waals surface area contributed by atoms with E-state index in [0.29, 0.717) is 22.2 Å². The third-order valence-corrected chi connectivity index (χ3v) is 7.32. The molecule has 2 aromatic carbocycles. The molecule has 0 saturated heterocycles. The SMILES string of the molecule is CC(C)N1CCc2c(sc(NC(=O)c3cc(-c4ccccc4)nc4ccccc34)c2C#N)C1. The molecule has 0 spiro atoms. The molecule has 0 saturated carbocycles. The van der Waals surface area contributed by atoms with Gasteiger partial charge in [-0.2, -0.15) is 5.26 Å². The molecule has 1 aliphatic rings. The largest absolute Gasteiger partial charge is 0.312 e. The van der Waals surface area contributed by atoms with Gasteiger partial charge in [-0.05, 0) is 38.0 Å². The zero-order valence-electron chi connectivity index (χ0n) is 18.6. The zero-order valence-corrected chi connectivity index (χ0v) is 19.4. The van der Waals surface area contributed by atoms with Gasteiger partial charge in [0.1, 0.15) is 11.1 Å². The summed E-state index contributed by atoms with van der Waals surface area (Å²) >= 11 is 1.52. The number of pyridine rings is 1. The number of amides is 1. The van der Waals surface area contributed by atoms with Gasteiger partial charge < -0.3 is 5.32 Å². The summed E-state index contributed by atoms with van der Waals surface area (Å²) in [7, 11) is 0. The minimum Gasteiger partial charge on any atom is -0.312 e. The molecule has 5 nitrogen and oxygen atoms in total. The van der Waals surface area contributed by atoms with Gasteiger partial charge in [0.2, 0.25) is 0 Å². The van der Waals surface area contributed by atoms with Crippen molar-refractivity contribution in [3.05, 3.63) is 82.2 Å². The Morgan fingerprint density at radius 2 is 1.91 bits per heavy atom. The smallest absolute Gasteiger partial charge is 0.257 e. The first kappa shape index (κ1) is 21.3. The van der Waals surface area contributed by atoms with Crippen molar-refractivity contribution >= 4 is 33.1 Å². The summed E-state index contributed by atoms with van der Waals surface area (Å²) in [5.74, 6) is -0.221. The van der Waals surface area contributed by atoms with Crippen molar-refractivity contribution in [2.24, 2.45) is 0 Å². The Labute approximate surface area is 197 Å². The first-order valence-corrected chi connectivity index (χ1v) is 11.9. The van der Waals surface area contributed by atoms with Crippen LogP contribution in [0.15, 0.2) is 60.7 Å². The summed E-state index contributed by atoms with van der Waals surface area (Å²) in [6.07, 6.45) is 0.832. The summed E-state index contributed by atoms with van der Waals surface area (Å²) in [6.45, 7) is 6.12. The molecule has 33 heavy (non-hydrogen) atoms. The number of carbonyl (C=O) groups is 1. The lowest BCUT2D eigenvalue weighted by Gasteiger charge is -2.30. The van der Waals surface area contributed by atoms with Crippen molar-refractivity contribution in [3.8, 4) is 17.3 Å². The van der Waals surface area contributed by atoms with E-state index in [1.807, 2.05) is 60.7 Å². The minimum absolute atomic E-state index is 0.221. The van der Waals surface area contributed by atoms with Crippen LogP contribution < -0.4 is 5.32 Å². The quantitative estimate of drug-likeness (QED) is 0.421. The van der Waals surface area contributed by atoms with Crippen LogP contribution in [0, 0.1) is 11.3 Å². The Balaban J connectivity index is 1.54. The highest BCUT2D eigenvalue weighted by atomic mass is 32.1. The molecule has 0 radical (unpaired) electrons. The first-order chi connectivity index (χ1) is 16.0. The second kappa shape index (κ2) is 8.78. The topological polar surface area (TPSA) is 69.0 Å². The van der Waals surface area contributed by atoms with E-state index in [4.69, 9.17) is 4.98 Å². The van der Waals surface area contributed by atoms with Crippen LogP contribution in [-0.4, -0.2) is 28.4 Å². The average Bonchev–Trinajstić information content (AvgIpc) is 3.19. The van der Waals surface area contributed by atoms with E-state index in [1.165, 1.54) is 16.2 Å². The van der Waals surface area contributed by atoms with Gasteiger partial charge in [0.05, 0.1) is 22.3 Å². The Morgan fingerprint density at radius 1 is 1.15 bits per heavy atom. The van der Waals surface area contributed by atoms with E-state index in [0.717, 1.165) is 47.2 Å². The predicted molar refractivity (Wildman–Crippen MR) is 133 cm³/mol. The molecule has 5 rings (SSSR count). The number of rotatable bonds is 4. The lowest BCUT2D eigenvalue weighted by atomic mass is 10.0.